The predicted octanol–water partition coefficient (Wildman–Crippen LogP) is 3.64. The highest BCUT2D eigenvalue weighted by Gasteiger charge is 2.51. The first-order chi connectivity index (χ1) is 11.3. The lowest BCUT2D eigenvalue weighted by Gasteiger charge is -2.55. The quantitative estimate of drug-likeness (QED) is 0.921. The maximum absolute atomic E-state index is 12.5. The summed E-state index contributed by atoms with van der Waals surface area (Å²) in [5.41, 5.74) is 1.40. The number of fused-ring (bicyclic) bond motifs is 1. The maximum Gasteiger partial charge on any atom is 0.222 e. The molecule has 4 rings (SSSR count). The monoisotopic (exact) mass is 313 g/mol. The van der Waals surface area contributed by atoms with Crippen molar-refractivity contribution in [3.8, 4) is 0 Å². The Balaban J connectivity index is 1.44. The molecule has 124 valence electrons. The second-order valence-corrected chi connectivity index (χ2v) is 7.48. The molecule has 0 unspecified atom stereocenters. The summed E-state index contributed by atoms with van der Waals surface area (Å²) < 4.78 is 5.61. The summed E-state index contributed by atoms with van der Waals surface area (Å²) in [4.78, 5) is 12.5. The molecule has 0 aromatic heterocycles. The average Bonchev–Trinajstić information content (AvgIpc) is 3.07. The molecule has 5 atom stereocenters. The fraction of sp³-hybridized carbons (Fsp3) is 0.650. The minimum absolute atomic E-state index is 0.146. The number of hydrogen-bond donors (Lipinski definition) is 1. The van der Waals surface area contributed by atoms with E-state index < -0.39 is 0 Å². The molecule has 1 aromatic rings. The highest BCUT2D eigenvalue weighted by atomic mass is 16.5. The van der Waals surface area contributed by atoms with Gasteiger partial charge in [-0.05, 0) is 43.1 Å². The Morgan fingerprint density at radius 2 is 1.83 bits per heavy atom. The summed E-state index contributed by atoms with van der Waals surface area (Å²) in [6.45, 7) is 0.818. The van der Waals surface area contributed by atoms with E-state index >= 15 is 0 Å². The lowest BCUT2D eigenvalue weighted by molar-refractivity contribution is -0.127. The van der Waals surface area contributed by atoms with Crippen molar-refractivity contribution in [3.05, 3.63) is 35.9 Å². The van der Waals surface area contributed by atoms with E-state index in [1.807, 2.05) is 0 Å². The molecule has 2 saturated carbocycles. The smallest absolute Gasteiger partial charge is 0.222 e. The number of carbonyl (C=O) groups is 1. The zero-order valence-electron chi connectivity index (χ0n) is 13.7. The normalized spacial score (nSPS) is 36.1. The van der Waals surface area contributed by atoms with Crippen LogP contribution < -0.4 is 5.32 Å². The molecule has 1 amide bonds. The lowest BCUT2D eigenvalue weighted by Crippen LogP contribution is -2.59. The van der Waals surface area contributed by atoms with Gasteiger partial charge in [0.2, 0.25) is 5.91 Å². The van der Waals surface area contributed by atoms with E-state index in [2.05, 4.69) is 35.6 Å². The molecule has 3 aliphatic rings. The van der Waals surface area contributed by atoms with Crippen LogP contribution in [0.25, 0.3) is 0 Å². The number of amides is 1. The molecular formula is C20H27NO2. The molecule has 1 aromatic carbocycles. The largest absolute Gasteiger partial charge is 0.378 e. The Hall–Kier alpha value is -1.35. The average molecular weight is 313 g/mol. The summed E-state index contributed by atoms with van der Waals surface area (Å²) in [7, 11) is 0. The number of nitrogens with one attached hydrogen (secondary N) is 1. The zero-order chi connectivity index (χ0) is 15.6. The SMILES string of the molecule is O=C(C[C@@H]1CCCO1)N[C@H]1[C@@H]2CCCC[C@H]2[C@@H]1c1ccccc1. The maximum atomic E-state index is 12.5. The van der Waals surface area contributed by atoms with Crippen molar-refractivity contribution in [1.82, 2.24) is 5.32 Å². The Kier molecular flexibility index (Phi) is 4.39. The van der Waals surface area contributed by atoms with Crippen LogP contribution in [0.1, 0.15) is 56.4 Å². The second kappa shape index (κ2) is 6.64. The predicted molar refractivity (Wildman–Crippen MR) is 90.2 cm³/mol. The summed E-state index contributed by atoms with van der Waals surface area (Å²) in [5.74, 6) is 2.14. The molecule has 1 N–H and O–H groups in total. The zero-order valence-corrected chi connectivity index (χ0v) is 13.7. The fourth-order valence-electron chi connectivity index (χ4n) is 5.05. The number of ether oxygens (including phenoxy) is 1. The van der Waals surface area contributed by atoms with E-state index in [-0.39, 0.29) is 12.0 Å². The third-order valence-electron chi connectivity index (χ3n) is 6.13. The van der Waals surface area contributed by atoms with Gasteiger partial charge < -0.3 is 10.1 Å². The molecular weight excluding hydrogens is 286 g/mol. The van der Waals surface area contributed by atoms with Crippen molar-refractivity contribution in [1.29, 1.82) is 0 Å². The molecule has 1 aliphatic heterocycles. The molecule has 23 heavy (non-hydrogen) atoms. The van der Waals surface area contributed by atoms with Gasteiger partial charge in [-0.15, -0.1) is 0 Å². The summed E-state index contributed by atoms with van der Waals surface area (Å²) >= 11 is 0. The van der Waals surface area contributed by atoms with Crippen molar-refractivity contribution < 1.29 is 9.53 Å². The van der Waals surface area contributed by atoms with Crippen molar-refractivity contribution in [3.63, 3.8) is 0 Å². The van der Waals surface area contributed by atoms with Crippen LogP contribution in [0.5, 0.6) is 0 Å². The molecule has 0 radical (unpaired) electrons. The summed E-state index contributed by atoms with van der Waals surface area (Å²) in [6, 6.07) is 11.1. The van der Waals surface area contributed by atoms with Gasteiger partial charge in [0.15, 0.2) is 0 Å². The molecule has 2 aliphatic carbocycles. The standard InChI is InChI=1S/C20H27NO2/c22-18(13-15-9-6-12-23-15)21-20-17-11-5-4-10-16(17)19(20)14-7-2-1-3-8-14/h1-3,7-8,15-17,19-20H,4-6,9-13H2,(H,21,22)/t15-,16+,17+,19-,20-/m0/s1. The van der Waals surface area contributed by atoms with Gasteiger partial charge in [-0.1, -0.05) is 43.2 Å². The van der Waals surface area contributed by atoms with Crippen LogP contribution in [0, 0.1) is 11.8 Å². The van der Waals surface area contributed by atoms with E-state index in [0.29, 0.717) is 24.3 Å². The van der Waals surface area contributed by atoms with Crippen molar-refractivity contribution in [2.24, 2.45) is 11.8 Å². The van der Waals surface area contributed by atoms with Crippen molar-refractivity contribution >= 4 is 5.91 Å². The minimum atomic E-state index is 0.146. The van der Waals surface area contributed by atoms with E-state index in [0.717, 1.165) is 25.4 Å². The molecule has 3 fully saturated rings. The number of carbonyl (C=O) groups excluding carboxylic acids is 1. The fourth-order valence-corrected chi connectivity index (χ4v) is 5.05. The third-order valence-corrected chi connectivity index (χ3v) is 6.13. The second-order valence-electron chi connectivity index (χ2n) is 7.48. The van der Waals surface area contributed by atoms with Gasteiger partial charge in [0.25, 0.3) is 0 Å². The Labute approximate surface area is 138 Å². The van der Waals surface area contributed by atoms with Crippen LogP contribution in [0.2, 0.25) is 0 Å². The van der Waals surface area contributed by atoms with E-state index in [9.17, 15) is 4.79 Å². The van der Waals surface area contributed by atoms with Gasteiger partial charge in [0.1, 0.15) is 0 Å². The summed E-state index contributed by atoms with van der Waals surface area (Å²) in [5, 5.41) is 3.37. The Bertz CT molecular complexity index is 538. The van der Waals surface area contributed by atoms with Crippen LogP contribution in [-0.2, 0) is 9.53 Å². The van der Waals surface area contributed by atoms with Crippen LogP contribution in [0.15, 0.2) is 30.3 Å². The van der Waals surface area contributed by atoms with Gasteiger partial charge in [-0.3, -0.25) is 4.79 Å². The van der Waals surface area contributed by atoms with Gasteiger partial charge in [-0.25, -0.2) is 0 Å². The van der Waals surface area contributed by atoms with E-state index in [1.165, 1.54) is 31.2 Å². The molecule has 1 heterocycles. The molecule has 0 spiro atoms. The highest BCUT2D eigenvalue weighted by Crippen LogP contribution is 2.54. The molecule has 3 nitrogen and oxygen atoms in total. The van der Waals surface area contributed by atoms with Crippen molar-refractivity contribution in [2.75, 3.05) is 6.61 Å². The van der Waals surface area contributed by atoms with E-state index in [4.69, 9.17) is 4.74 Å². The highest BCUT2D eigenvalue weighted by molar-refractivity contribution is 5.77. The van der Waals surface area contributed by atoms with Gasteiger partial charge in [0.05, 0.1) is 12.5 Å². The first kappa shape index (κ1) is 15.2. The first-order valence-electron chi connectivity index (χ1n) is 9.29. The Morgan fingerprint density at radius 3 is 2.57 bits per heavy atom. The Morgan fingerprint density at radius 1 is 1.04 bits per heavy atom. The lowest BCUT2D eigenvalue weighted by atomic mass is 9.53. The molecule has 0 bridgehead atoms. The van der Waals surface area contributed by atoms with Crippen molar-refractivity contribution in [2.45, 2.75) is 63.0 Å². The van der Waals surface area contributed by atoms with E-state index in [1.54, 1.807) is 0 Å². The molecule has 3 heteroatoms. The van der Waals surface area contributed by atoms with Crippen LogP contribution in [0.4, 0.5) is 0 Å². The first-order valence-corrected chi connectivity index (χ1v) is 9.29. The molecule has 1 saturated heterocycles. The number of rotatable bonds is 4. The van der Waals surface area contributed by atoms with Gasteiger partial charge >= 0.3 is 0 Å². The van der Waals surface area contributed by atoms with Gasteiger partial charge in [-0.2, -0.15) is 0 Å². The number of benzene rings is 1. The number of hydrogen-bond acceptors (Lipinski definition) is 2. The van der Waals surface area contributed by atoms with Gasteiger partial charge in [0, 0.05) is 18.6 Å². The minimum Gasteiger partial charge on any atom is -0.378 e. The topological polar surface area (TPSA) is 38.3 Å². The third kappa shape index (κ3) is 3.03. The van der Waals surface area contributed by atoms with Crippen LogP contribution >= 0.6 is 0 Å². The van der Waals surface area contributed by atoms with Crippen LogP contribution in [0.3, 0.4) is 0 Å². The summed E-state index contributed by atoms with van der Waals surface area (Å²) in [6.07, 6.45) is 8.08. The van der Waals surface area contributed by atoms with Crippen LogP contribution in [-0.4, -0.2) is 24.7 Å².